The van der Waals surface area contributed by atoms with Crippen LogP contribution in [0.2, 0.25) is 5.02 Å². The van der Waals surface area contributed by atoms with Gasteiger partial charge in [0, 0.05) is 16.1 Å². The van der Waals surface area contributed by atoms with E-state index < -0.39 is 0 Å². The lowest BCUT2D eigenvalue weighted by atomic mass is 10.1. The molecule has 0 atom stereocenters. The molecule has 2 aromatic carbocycles. The summed E-state index contributed by atoms with van der Waals surface area (Å²) in [7, 11) is 0. The molecule has 0 aliphatic rings. The minimum absolute atomic E-state index is 0.192. The van der Waals surface area contributed by atoms with E-state index in [-0.39, 0.29) is 11.6 Å². The molecule has 0 heterocycles. The smallest absolute Gasteiger partial charge is 0.185 e. The monoisotopic (exact) mass is 270 g/mol. The van der Waals surface area contributed by atoms with Crippen LogP contribution in [0.15, 0.2) is 66.7 Å². The van der Waals surface area contributed by atoms with Crippen LogP contribution in [0.5, 0.6) is 0 Å². The molecule has 3 heteroatoms. The van der Waals surface area contributed by atoms with Crippen LogP contribution in [0.4, 0.5) is 0 Å². The van der Waals surface area contributed by atoms with Crippen molar-refractivity contribution in [3.05, 3.63) is 82.9 Å². The van der Waals surface area contributed by atoms with Gasteiger partial charge < -0.3 is 0 Å². The fourth-order valence-electron chi connectivity index (χ4n) is 1.56. The SMILES string of the molecule is O=C(/C=C\C(=O)c1ccc(Cl)cc1)c1ccccc1. The van der Waals surface area contributed by atoms with Gasteiger partial charge >= 0.3 is 0 Å². The molecule has 0 unspecified atom stereocenters. The van der Waals surface area contributed by atoms with Crippen LogP contribution in [0.25, 0.3) is 0 Å². The van der Waals surface area contributed by atoms with E-state index in [2.05, 4.69) is 0 Å². The quantitative estimate of drug-likeness (QED) is 0.622. The Labute approximate surface area is 116 Å². The molecular weight excluding hydrogens is 260 g/mol. The van der Waals surface area contributed by atoms with Gasteiger partial charge in [-0.2, -0.15) is 0 Å². The van der Waals surface area contributed by atoms with E-state index in [1.807, 2.05) is 6.07 Å². The Balaban J connectivity index is 2.09. The number of allylic oxidation sites excluding steroid dienone is 2. The zero-order valence-electron chi connectivity index (χ0n) is 10.0. The summed E-state index contributed by atoms with van der Waals surface area (Å²) in [6, 6.07) is 15.3. The summed E-state index contributed by atoms with van der Waals surface area (Å²) < 4.78 is 0. The lowest BCUT2D eigenvalue weighted by Gasteiger charge is -1.96. The van der Waals surface area contributed by atoms with Gasteiger partial charge in [0.25, 0.3) is 0 Å². The van der Waals surface area contributed by atoms with Crippen molar-refractivity contribution in [1.29, 1.82) is 0 Å². The van der Waals surface area contributed by atoms with Crippen molar-refractivity contribution in [3.63, 3.8) is 0 Å². The van der Waals surface area contributed by atoms with Crippen molar-refractivity contribution in [2.75, 3.05) is 0 Å². The van der Waals surface area contributed by atoms with E-state index in [0.717, 1.165) is 0 Å². The predicted molar refractivity (Wildman–Crippen MR) is 75.7 cm³/mol. The molecule has 0 N–H and O–H groups in total. The summed E-state index contributed by atoms with van der Waals surface area (Å²) >= 11 is 5.74. The topological polar surface area (TPSA) is 34.1 Å². The van der Waals surface area contributed by atoms with Crippen LogP contribution < -0.4 is 0 Å². The molecule has 19 heavy (non-hydrogen) atoms. The molecule has 0 radical (unpaired) electrons. The van der Waals surface area contributed by atoms with Crippen LogP contribution in [0.1, 0.15) is 20.7 Å². The van der Waals surface area contributed by atoms with Crippen LogP contribution >= 0.6 is 11.6 Å². The minimum Gasteiger partial charge on any atom is -0.289 e. The highest BCUT2D eigenvalue weighted by Gasteiger charge is 2.04. The van der Waals surface area contributed by atoms with Crippen LogP contribution in [0.3, 0.4) is 0 Å². The van der Waals surface area contributed by atoms with E-state index in [0.29, 0.717) is 16.1 Å². The van der Waals surface area contributed by atoms with Crippen molar-refractivity contribution >= 4 is 23.2 Å². The molecule has 0 saturated carbocycles. The summed E-state index contributed by atoms with van der Waals surface area (Å²) in [4.78, 5) is 23.6. The van der Waals surface area contributed by atoms with Crippen molar-refractivity contribution in [2.24, 2.45) is 0 Å². The van der Waals surface area contributed by atoms with Gasteiger partial charge in [0.15, 0.2) is 11.6 Å². The number of carbonyl (C=O) groups is 2. The molecule has 0 saturated heterocycles. The minimum atomic E-state index is -0.221. The highest BCUT2D eigenvalue weighted by Crippen LogP contribution is 2.10. The van der Waals surface area contributed by atoms with E-state index in [1.165, 1.54) is 12.2 Å². The largest absolute Gasteiger partial charge is 0.289 e. The first-order valence-corrected chi connectivity index (χ1v) is 6.12. The van der Waals surface area contributed by atoms with Gasteiger partial charge in [-0.3, -0.25) is 9.59 Å². The second-order valence-electron chi connectivity index (χ2n) is 3.93. The van der Waals surface area contributed by atoms with Crippen molar-refractivity contribution in [1.82, 2.24) is 0 Å². The highest BCUT2D eigenvalue weighted by atomic mass is 35.5. The van der Waals surface area contributed by atoms with E-state index in [4.69, 9.17) is 11.6 Å². The zero-order valence-corrected chi connectivity index (χ0v) is 10.8. The average molecular weight is 271 g/mol. The standard InChI is InChI=1S/C16H11ClO2/c17-14-8-6-13(7-9-14)16(19)11-10-15(18)12-4-2-1-3-5-12/h1-11H/b11-10-. The normalized spacial score (nSPS) is 10.6. The number of halogens is 1. The summed E-state index contributed by atoms with van der Waals surface area (Å²) in [5.41, 5.74) is 1.06. The second-order valence-corrected chi connectivity index (χ2v) is 4.37. The fraction of sp³-hybridized carbons (Fsp3) is 0. The maximum Gasteiger partial charge on any atom is 0.185 e. The Morgan fingerprint density at radius 1 is 0.737 bits per heavy atom. The Morgan fingerprint density at radius 2 is 1.21 bits per heavy atom. The summed E-state index contributed by atoms with van der Waals surface area (Å²) in [5, 5.41) is 0.570. The number of rotatable bonds is 4. The number of benzene rings is 2. The first-order valence-electron chi connectivity index (χ1n) is 5.74. The zero-order chi connectivity index (χ0) is 13.7. The Hall–Kier alpha value is -2.19. The molecule has 94 valence electrons. The molecule has 0 bridgehead atoms. The highest BCUT2D eigenvalue weighted by molar-refractivity contribution is 6.30. The van der Waals surface area contributed by atoms with E-state index in [9.17, 15) is 9.59 Å². The van der Waals surface area contributed by atoms with Crippen LogP contribution in [-0.2, 0) is 0 Å². The van der Waals surface area contributed by atoms with E-state index in [1.54, 1.807) is 48.5 Å². The molecule has 0 aliphatic heterocycles. The molecular formula is C16H11ClO2. The second kappa shape index (κ2) is 6.12. The first kappa shape index (κ1) is 13.2. The summed E-state index contributed by atoms with van der Waals surface area (Å²) in [6.07, 6.45) is 2.56. The van der Waals surface area contributed by atoms with E-state index >= 15 is 0 Å². The lowest BCUT2D eigenvalue weighted by molar-refractivity contribution is 0.102. The third-order valence-electron chi connectivity index (χ3n) is 2.57. The van der Waals surface area contributed by atoms with Gasteiger partial charge in [-0.15, -0.1) is 0 Å². The first-order chi connectivity index (χ1) is 9.16. The van der Waals surface area contributed by atoms with Crippen molar-refractivity contribution in [2.45, 2.75) is 0 Å². The van der Waals surface area contributed by atoms with Crippen molar-refractivity contribution < 1.29 is 9.59 Å². The van der Waals surface area contributed by atoms with Gasteiger partial charge in [0.2, 0.25) is 0 Å². The van der Waals surface area contributed by atoms with Crippen LogP contribution in [-0.4, -0.2) is 11.6 Å². The molecule has 0 fully saturated rings. The van der Waals surface area contributed by atoms with Gasteiger partial charge in [-0.25, -0.2) is 0 Å². The Kier molecular flexibility index (Phi) is 4.26. The van der Waals surface area contributed by atoms with Crippen LogP contribution in [0, 0.1) is 0 Å². The molecule has 2 nitrogen and oxygen atoms in total. The molecule has 2 rings (SSSR count). The predicted octanol–water partition coefficient (Wildman–Crippen LogP) is 3.96. The third-order valence-corrected chi connectivity index (χ3v) is 2.83. The number of ketones is 2. The number of carbonyl (C=O) groups excluding carboxylic acids is 2. The lowest BCUT2D eigenvalue weighted by Crippen LogP contribution is -1.98. The number of hydrogen-bond acceptors (Lipinski definition) is 2. The summed E-state index contributed by atoms with van der Waals surface area (Å²) in [5.74, 6) is -0.413. The Bertz CT molecular complexity index is 613. The maximum absolute atomic E-state index is 11.8. The molecule has 0 spiro atoms. The third kappa shape index (κ3) is 3.63. The fourth-order valence-corrected chi connectivity index (χ4v) is 1.69. The van der Waals surface area contributed by atoms with Crippen molar-refractivity contribution in [3.8, 4) is 0 Å². The van der Waals surface area contributed by atoms with Gasteiger partial charge in [-0.05, 0) is 36.4 Å². The Morgan fingerprint density at radius 3 is 1.74 bits per heavy atom. The molecule has 0 amide bonds. The number of hydrogen-bond donors (Lipinski definition) is 0. The molecule has 0 aliphatic carbocycles. The maximum atomic E-state index is 11.8. The molecule has 2 aromatic rings. The molecule has 0 aromatic heterocycles. The van der Waals surface area contributed by atoms with Gasteiger partial charge in [0.1, 0.15) is 0 Å². The van der Waals surface area contributed by atoms with Gasteiger partial charge in [-0.1, -0.05) is 41.9 Å². The average Bonchev–Trinajstić information content (AvgIpc) is 2.46. The summed E-state index contributed by atoms with van der Waals surface area (Å²) in [6.45, 7) is 0. The van der Waals surface area contributed by atoms with Gasteiger partial charge in [0.05, 0.1) is 0 Å².